The molecular weight excluding hydrogens is 318 g/mol. The average molecular weight is 337 g/mol. The smallest absolute Gasteiger partial charge is 0.344 e. The number of carbonyl (C=O) groups excluding carboxylic acids is 1. The van der Waals surface area contributed by atoms with Crippen molar-refractivity contribution in [2.75, 3.05) is 6.61 Å². The topological polar surface area (TPSA) is 61.6 Å². The lowest BCUT2D eigenvalue weighted by Gasteiger charge is -2.07. The molecule has 2 aromatic carbocycles. The maximum absolute atomic E-state index is 11.8. The average Bonchev–Trinajstić information content (AvgIpc) is 3.07. The van der Waals surface area contributed by atoms with Crippen molar-refractivity contribution < 1.29 is 18.7 Å². The van der Waals surface area contributed by atoms with E-state index in [1.54, 1.807) is 6.20 Å². The molecule has 0 atom stereocenters. The van der Waals surface area contributed by atoms with Gasteiger partial charge in [-0.3, -0.25) is 0 Å². The predicted octanol–water partition coefficient (Wildman–Crippen LogP) is 4.08. The van der Waals surface area contributed by atoms with E-state index < -0.39 is 5.97 Å². The summed E-state index contributed by atoms with van der Waals surface area (Å²) in [6, 6.07) is 15.4. The first-order valence-electron chi connectivity index (χ1n) is 7.97. The molecule has 0 N–H and O–H groups in total. The SMILES string of the molecule is Cc1cc(C)cc(OCC(=O)OCc2ncc(-c3ccccc3)o2)c1. The van der Waals surface area contributed by atoms with E-state index in [2.05, 4.69) is 4.98 Å². The van der Waals surface area contributed by atoms with Gasteiger partial charge in [-0.1, -0.05) is 36.4 Å². The van der Waals surface area contributed by atoms with Crippen molar-refractivity contribution in [2.45, 2.75) is 20.5 Å². The highest BCUT2D eigenvalue weighted by molar-refractivity contribution is 5.71. The number of nitrogens with zero attached hydrogens (tertiary/aromatic N) is 1. The third-order valence-corrected chi connectivity index (χ3v) is 3.52. The van der Waals surface area contributed by atoms with Crippen LogP contribution >= 0.6 is 0 Å². The number of hydrogen-bond acceptors (Lipinski definition) is 5. The van der Waals surface area contributed by atoms with E-state index in [1.165, 1.54) is 0 Å². The van der Waals surface area contributed by atoms with Crippen LogP contribution in [0.5, 0.6) is 5.75 Å². The van der Waals surface area contributed by atoms with Crippen LogP contribution in [0.3, 0.4) is 0 Å². The molecule has 0 aliphatic carbocycles. The first-order valence-corrected chi connectivity index (χ1v) is 7.97. The fourth-order valence-electron chi connectivity index (χ4n) is 2.46. The Labute approximate surface area is 146 Å². The monoisotopic (exact) mass is 337 g/mol. The van der Waals surface area contributed by atoms with Crippen molar-refractivity contribution in [1.82, 2.24) is 4.98 Å². The van der Waals surface area contributed by atoms with Gasteiger partial charge in [-0.05, 0) is 37.1 Å². The van der Waals surface area contributed by atoms with Gasteiger partial charge >= 0.3 is 5.97 Å². The van der Waals surface area contributed by atoms with Crippen molar-refractivity contribution in [3.63, 3.8) is 0 Å². The molecule has 0 saturated heterocycles. The molecule has 3 rings (SSSR count). The van der Waals surface area contributed by atoms with Crippen LogP contribution in [-0.4, -0.2) is 17.6 Å². The molecule has 0 saturated carbocycles. The van der Waals surface area contributed by atoms with Gasteiger partial charge in [-0.15, -0.1) is 0 Å². The van der Waals surface area contributed by atoms with Crippen LogP contribution in [0.15, 0.2) is 59.1 Å². The van der Waals surface area contributed by atoms with E-state index in [-0.39, 0.29) is 13.2 Å². The molecule has 0 radical (unpaired) electrons. The molecule has 128 valence electrons. The Morgan fingerprint density at radius 2 is 1.80 bits per heavy atom. The van der Waals surface area contributed by atoms with Gasteiger partial charge in [0, 0.05) is 5.56 Å². The summed E-state index contributed by atoms with van der Waals surface area (Å²) >= 11 is 0. The molecule has 0 aliphatic heterocycles. The Kier molecular flexibility index (Phi) is 5.14. The van der Waals surface area contributed by atoms with Crippen LogP contribution in [0.1, 0.15) is 17.0 Å². The fraction of sp³-hybridized carbons (Fsp3) is 0.200. The Morgan fingerprint density at radius 1 is 1.08 bits per heavy atom. The van der Waals surface area contributed by atoms with Gasteiger partial charge in [0.2, 0.25) is 5.89 Å². The van der Waals surface area contributed by atoms with Crippen LogP contribution in [0.2, 0.25) is 0 Å². The second-order valence-electron chi connectivity index (χ2n) is 5.76. The summed E-state index contributed by atoms with van der Waals surface area (Å²) in [5.74, 6) is 1.16. The Morgan fingerprint density at radius 3 is 2.52 bits per heavy atom. The van der Waals surface area contributed by atoms with Gasteiger partial charge in [0.15, 0.2) is 19.0 Å². The summed E-state index contributed by atoms with van der Waals surface area (Å²) in [6.45, 7) is 3.77. The van der Waals surface area contributed by atoms with Crippen molar-refractivity contribution in [1.29, 1.82) is 0 Å². The molecule has 5 nitrogen and oxygen atoms in total. The molecule has 0 aliphatic rings. The van der Waals surface area contributed by atoms with Gasteiger partial charge in [0.05, 0.1) is 6.20 Å². The van der Waals surface area contributed by atoms with Crippen molar-refractivity contribution >= 4 is 5.97 Å². The van der Waals surface area contributed by atoms with E-state index in [9.17, 15) is 4.79 Å². The summed E-state index contributed by atoms with van der Waals surface area (Å²) in [7, 11) is 0. The minimum atomic E-state index is -0.473. The summed E-state index contributed by atoms with van der Waals surface area (Å²) in [5, 5.41) is 0. The molecule has 1 heterocycles. The number of oxazole rings is 1. The van der Waals surface area contributed by atoms with Crippen molar-refractivity contribution in [3.05, 3.63) is 71.7 Å². The lowest BCUT2D eigenvalue weighted by molar-refractivity contribution is -0.148. The largest absolute Gasteiger partial charge is 0.482 e. The number of esters is 1. The molecule has 0 amide bonds. The van der Waals surface area contributed by atoms with Gasteiger partial charge in [0.1, 0.15) is 5.75 Å². The molecule has 0 fully saturated rings. The maximum atomic E-state index is 11.8. The minimum absolute atomic E-state index is 0.0259. The van der Waals surface area contributed by atoms with Crippen LogP contribution in [0.25, 0.3) is 11.3 Å². The third kappa shape index (κ3) is 4.70. The van der Waals surface area contributed by atoms with Crippen molar-refractivity contribution in [3.8, 4) is 17.1 Å². The summed E-state index contributed by atoms with van der Waals surface area (Å²) in [6.07, 6.45) is 1.62. The normalized spacial score (nSPS) is 10.5. The third-order valence-electron chi connectivity index (χ3n) is 3.52. The molecule has 5 heteroatoms. The first kappa shape index (κ1) is 16.8. The summed E-state index contributed by atoms with van der Waals surface area (Å²) in [5.41, 5.74) is 3.08. The highest BCUT2D eigenvalue weighted by Gasteiger charge is 2.10. The van der Waals surface area contributed by atoms with Gasteiger partial charge in [-0.25, -0.2) is 9.78 Å². The quantitative estimate of drug-likeness (QED) is 0.634. The molecule has 25 heavy (non-hydrogen) atoms. The maximum Gasteiger partial charge on any atom is 0.344 e. The molecule has 0 bridgehead atoms. The zero-order valence-corrected chi connectivity index (χ0v) is 14.2. The fourth-order valence-corrected chi connectivity index (χ4v) is 2.46. The number of aromatic nitrogens is 1. The van der Waals surface area contributed by atoms with Crippen LogP contribution in [-0.2, 0) is 16.1 Å². The van der Waals surface area contributed by atoms with E-state index in [0.717, 1.165) is 16.7 Å². The second-order valence-corrected chi connectivity index (χ2v) is 5.76. The molecular formula is C20H19NO4. The van der Waals surface area contributed by atoms with Crippen LogP contribution in [0.4, 0.5) is 0 Å². The summed E-state index contributed by atoms with van der Waals surface area (Å²) in [4.78, 5) is 15.9. The zero-order chi connectivity index (χ0) is 17.6. The Hall–Kier alpha value is -3.08. The first-order chi connectivity index (χ1) is 12.1. The molecule has 3 aromatic rings. The van der Waals surface area contributed by atoms with Crippen LogP contribution < -0.4 is 4.74 Å². The van der Waals surface area contributed by atoms with Crippen molar-refractivity contribution in [2.24, 2.45) is 0 Å². The van der Waals surface area contributed by atoms with E-state index in [0.29, 0.717) is 17.4 Å². The molecule has 1 aromatic heterocycles. The van der Waals surface area contributed by atoms with E-state index >= 15 is 0 Å². The van der Waals surface area contributed by atoms with E-state index in [4.69, 9.17) is 13.9 Å². The van der Waals surface area contributed by atoms with E-state index in [1.807, 2.05) is 62.4 Å². The number of carbonyl (C=O) groups is 1. The predicted molar refractivity (Wildman–Crippen MR) is 93.1 cm³/mol. The minimum Gasteiger partial charge on any atom is -0.482 e. The summed E-state index contributed by atoms with van der Waals surface area (Å²) < 4.78 is 16.2. The number of aryl methyl sites for hydroxylation is 2. The van der Waals surface area contributed by atoms with Crippen LogP contribution in [0, 0.1) is 13.8 Å². The molecule has 0 unspecified atom stereocenters. The highest BCUT2D eigenvalue weighted by Crippen LogP contribution is 2.20. The Bertz CT molecular complexity index is 835. The number of ether oxygens (including phenoxy) is 2. The lowest BCUT2D eigenvalue weighted by Crippen LogP contribution is -2.15. The number of hydrogen-bond donors (Lipinski definition) is 0. The second kappa shape index (κ2) is 7.66. The number of benzene rings is 2. The lowest BCUT2D eigenvalue weighted by atomic mass is 10.1. The standard InChI is InChI=1S/C20H19NO4/c1-14-8-15(2)10-17(9-14)23-13-20(22)24-12-19-21-11-18(25-19)16-6-4-3-5-7-16/h3-11H,12-13H2,1-2H3. The van der Waals surface area contributed by atoms with Gasteiger partial charge in [-0.2, -0.15) is 0 Å². The van der Waals surface area contributed by atoms with Gasteiger partial charge < -0.3 is 13.9 Å². The van der Waals surface area contributed by atoms with Gasteiger partial charge in [0.25, 0.3) is 0 Å². The zero-order valence-electron chi connectivity index (χ0n) is 14.2. The highest BCUT2D eigenvalue weighted by atomic mass is 16.6. The number of rotatable bonds is 6. The molecule has 0 spiro atoms. The Balaban J connectivity index is 1.50.